The highest BCUT2D eigenvalue weighted by atomic mass is 35.5. The van der Waals surface area contributed by atoms with Gasteiger partial charge in [0.1, 0.15) is 0 Å². The minimum absolute atomic E-state index is 0.0414. The van der Waals surface area contributed by atoms with Crippen LogP contribution in [0.25, 0.3) is 0 Å². The molecule has 2 heterocycles. The summed E-state index contributed by atoms with van der Waals surface area (Å²) in [6.45, 7) is 6.01. The molecule has 0 aliphatic carbocycles. The van der Waals surface area contributed by atoms with Gasteiger partial charge in [0.2, 0.25) is 0 Å². The molecule has 2 aromatic heterocycles. The minimum atomic E-state index is -0.0414. The van der Waals surface area contributed by atoms with Gasteiger partial charge in [-0.05, 0) is 30.9 Å². The van der Waals surface area contributed by atoms with Crippen LogP contribution in [0.15, 0.2) is 11.6 Å². The van der Waals surface area contributed by atoms with Crippen LogP contribution in [0.3, 0.4) is 0 Å². The van der Waals surface area contributed by atoms with Crippen LogP contribution in [0.4, 0.5) is 0 Å². The number of hydrogen-bond acceptors (Lipinski definition) is 5. The molecule has 1 N–H and O–H groups in total. The molecule has 0 fully saturated rings. The van der Waals surface area contributed by atoms with Crippen LogP contribution in [-0.2, 0) is 6.54 Å². The first-order chi connectivity index (χ1) is 9.27. The van der Waals surface area contributed by atoms with Crippen molar-refractivity contribution in [3.8, 4) is 0 Å². The molecule has 1 unspecified atom stereocenters. The Hall–Kier alpha value is -0.980. The lowest BCUT2D eigenvalue weighted by molar-refractivity contribution is 0.505. The summed E-state index contributed by atoms with van der Waals surface area (Å²) >= 11 is 7.65. The van der Waals surface area contributed by atoms with E-state index >= 15 is 0 Å². The summed E-state index contributed by atoms with van der Waals surface area (Å²) in [6.07, 6.45) is 3.77. The normalized spacial score (nSPS) is 12.8. The van der Waals surface area contributed by atoms with Crippen molar-refractivity contribution in [3.63, 3.8) is 0 Å². The summed E-state index contributed by atoms with van der Waals surface area (Å²) in [6, 6.07) is -0.0414. The van der Waals surface area contributed by atoms with Crippen molar-refractivity contribution in [1.29, 1.82) is 0 Å². The van der Waals surface area contributed by atoms with Gasteiger partial charge < -0.3 is 5.32 Å². The molecule has 104 valence electrons. The molecule has 0 aliphatic heterocycles. The number of nitrogens with one attached hydrogen (secondary N) is 1. The first kappa shape index (κ1) is 14.4. The highest BCUT2D eigenvalue weighted by Gasteiger charge is 2.23. The molecule has 0 radical (unpaired) electrons. The second kappa shape index (κ2) is 6.98. The van der Waals surface area contributed by atoms with Gasteiger partial charge in [0.05, 0.1) is 28.6 Å². The molecule has 5 nitrogen and oxygen atoms in total. The second-order valence-electron chi connectivity index (χ2n) is 4.32. The van der Waals surface area contributed by atoms with Crippen molar-refractivity contribution in [1.82, 2.24) is 24.7 Å². The summed E-state index contributed by atoms with van der Waals surface area (Å²) in [4.78, 5) is 0. The van der Waals surface area contributed by atoms with Crippen molar-refractivity contribution in [2.45, 2.75) is 39.3 Å². The van der Waals surface area contributed by atoms with Crippen LogP contribution in [0.1, 0.15) is 44.1 Å². The van der Waals surface area contributed by atoms with Crippen LogP contribution in [0.2, 0.25) is 5.02 Å². The molecule has 0 amide bonds. The van der Waals surface area contributed by atoms with E-state index in [-0.39, 0.29) is 6.04 Å². The Morgan fingerprint density at radius 2 is 2.26 bits per heavy atom. The van der Waals surface area contributed by atoms with Gasteiger partial charge in [0.25, 0.3) is 0 Å². The maximum Gasteiger partial charge on any atom is 0.0986 e. The highest BCUT2D eigenvalue weighted by molar-refractivity contribution is 7.03. The maximum atomic E-state index is 6.30. The summed E-state index contributed by atoms with van der Waals surface area (Å²) in [7, 11) is 0. The van der Waals surface area contributed by atoms with Crippen LogP contribution in [0.5, 0.6) is 0 Å². The van der Waals surface area contributed by atoms with Gasteiger partial charge in [-0.3, -0.25) is 4.68 Å². The van der Waals surface area contributed by atoms with E-state index < -0.39 is 0 Å². The van der Waals surface area contributed by atoms with E-state index in [1.165, 1.54) is 11.5 Å². The van der Waals surface area contributed by atoms with Crippen LogP contribution in [0, 0.1) is 0 Å². The predicted octanol–water partition coefficient (Wildman–Crippen LogP) is 2.89. The van der Waals surface area contributed by atoms with Gasteiger partial charge in [-0.15, -0.1) is 5.10 Å². The van der Waals surface area contributed by atoms with E-state index in [2.05, 4.69) is 33.8 Å². The molecular formula is C12H18ClN5S. The SMILES string of the molecule is CCCNC(c1csnn1)c1c(Cl)cnn1CCC. The first-order valence-electron chi connectivity index (χ1n) is 6.49. The molecule has 0 saturated carbocycles. The van der Waals surface area contributed by atoms with E-state index in [1.54, 1.807) is 6.20 Å². The minimum Gasteiger partial charge on any atom is -0.304 e. The van der Waals surface area contributed by atoms with Crippen molar-refractivity contribution in [2.75, 3.05) is 6.54 Å². The van der Waals surface area contributed by atoms with Gasteiger partial charge in [0.15, 0.2) is 0 Å². The molecule has 7 heteroatoms. The number of rotatable bonds is 7. The Balaban J connectivity index is 2.34. The average Bonchev–Trinajstić information content (AvgIpc) is 3.03. The Kier molecular flexibility index (Phi) is 5.30. The average molecular weight is 300 g/mol. The van der Waals surface area contributed by atoms with Gasteiger partial charge in [-0.1, -0.05) is 29.9 Å². The fraction of sp³-hybridized carbons (Fsp3) is 0.583. The zero-order valence-corrected chi connectivity index (χ0v) is 12.7. The Morgan fingerprint density at radius 1 is 1.42 bits per heavy atom. The summed E-state index contributed by atoms with van der Waals surface area (Å²) in [5, 5.41) is 14.6. The maximum absolute atomic E-state index is 6.30. The largest absolute Gasteiger partial charge is 0.304 e. The van der Waals surface area contributed by atoms with Crippen molar-refractivity contribution in [3.05, 3.63) is 28.0 Å². The lowest BCUT2D eigenvalue weighted by Crippen LogP contribution is -2.26. The summed E-state index contributed by atoms with van der Waals surface area (Å²) in [5.41, 5.74) is 1.88. The van der Waals surface area contributed by atoms with Gasteiger partial charge in [0, 0.05) is 11.9 Å². The fourth-order valence-electron chi connectivity index (χ4n) is 1.98. The van der Waals surface area contributed by atoms with E-state index in [9.17, 15) is 0 Å². The van der Waals surface area contributed by atoms with E-state index in [0.29, 0.717) is 5.02 Å². The molecule has 0 aliphatic rings. The van der Waals surface area contributed by atoms with Crippen molar-refractivity contribution in [2.24, 2.45) is 0 Å². The highest BCUT2D eigenvalue weighted by Crippen LogP contribution is 2.28. The smallest absolute Gasteiger partial charge is 0.0986 e. The quantitative estimate of drug-likeness (QED) is 0.854. The van der Waals surface area contributed by atoms with E-state index in [4.69, 9.17) is 11.6 Å². The Morgan fingerprint density at radius 3 is 2.89 bits per heavy atom. The Labute approximate surface area is 122 Å². The summed E-state index contributed by atoms with van der Waals surface area (Å²) < 4.78 is 5.90. The standard InChI is InChI=1S/C12H18ClN5S/c1-3-5-14-11(10-8-19-17-16-10)12-9(13)7-15-18(12)6-4-2/h7-8,11,14H,3-6H2,1-2H3. The molecule has 0 spiro atoms. The van der Waals surface area contributed by atoms with Gasteiger partial charge >= 0.3 is 0 Å². The van der Waals surface area contributed by atoms with E-state index in [1.807, 2.05) is 10.1 Å². The third-order valence-electron chi connectivity index (χ3n) is 2.81. The van der Waals surface area contributed by atoms with E-state index in [0.717, 1.165) is 37.3 Å². The first-order valence-corrected chi connectivity index (χ1v) is 7.70. The third-order valence-corrected chi connectivity index (χ3v) is 3.63. The Bertz CT molecular complexity index is 496. The van der Waals surface area contributed by atoms with Crippen LogP contribution >= 0.6 is 23.1 Å². The summed E-state index contributed by atoms with van der Waals surface area (Å²) in [5.74, 6) is 0. The molecule has 1 atom stereocenters. The van der Waals surface area contributed by atoms with Gasteiger partial charge in [-0.25, -0.2) is 0 Å². The predicted molar refractivity (Wildman–Crippen MR) is 77.6 cm³/mol. The van der Waals surface area contributed by atoms with Gasteiger partial charge in [-0.2, -0.15) is 5.10 Å². The number of aromatic nitrogens is 4. The van der Waals surface area contributed by atoms with Crippen LogP contribution in [-0.4, -0.2) is 25.9 Å². The number of hydrogen-bond donors (Lipinski definition) is 1. The lowest BCUT2D eigenvalue weighted by Gasteiger charge is -2.18. The second-order valence-corrected chi connectivity index (χ2v) is 5.33. The zero-order chi connectivity index (χ0) is 13.7. The fourth-order valence-corrected chi connectivity index (χ4v) is 2.71. The van der Waals surface area contributed by atoms with Crippen molar-refractivity contribution < 1.29 is 0 Å². The molecule has 2 aromatic rings. The lowest BCUT2D eigenvalue weighted by atomic mass is 10.1. The molecular weight excluding hydrogens is 282 g/mol. The topological polar surface area (TPSA) is 55.6 Å². The number of halogens is 1. The van der Waals surface area contributed by atoms with Crippen molar-refractivity contribution >= 4 is 23.1 Å². The molecule has 19 heavy (non-hydrogen) atoms. The molecule has 0 saturated heterocycles. The monoisotopic (exact) mass is 299 g/mol. The number of aryl methyl sites for hydroxylation is 1. The number of nitrogens with zero attached hydrogens (tertiary/aromatic N) is 4. The zero-order valence-electron chi connectivity index (χ0n) is 11.1. The molecule has 0 aromatic carbocycles. The van der Waals surface area contributed by atoms with Crippen LogP contribution < -0.4 is 5.32 Å². The molecule has 0 bridgehead atoms. The third kappa shape index (κ3) is 3.32. The molecule has 2 rings (SSSR count).